The van der Waals surface area contributed by atoms with Gasteiger partial charge in [0.05, 0.1) is 0 Å². The highest BCUT2D eigenvalue weighted by Crippen LogP contribution is 2.09. The van der Waals surface area contributed by atoms with Crippen molar-refractivity contribution >= 4 is 27.5 Å². The Labute approximate surface area is 61.5 Å². The highest BCUT2D eigenvalue weighted by atomic mass is 79.9. The van der Waals surface area contributed by atoms with Crippen molar-refractivity contribution in [2.24, 2.45) is 0 Å². The number of hydrogen-bond acceptors (Lipinski definition) is 1. The summed E-state index contributed by atoms with van der Waals surface area (Å²) in [5.74, 6) is 0. The Bertz CT molecular complexity index is 141. The van der Waals surface area contributed by atoms with Gasteiger partial charge in [-0.1, -0.05) is 39.7 Å². The van der Waals surface area contributed by atoms with E-state index in [1.807, 2.05) is 12.2 Å². The van der Waals surface area contributed by atoms with E-state index >= 15 is 0 Å². The summed E-state index contributed by atoms with van der Waals surface area (Å²) in [5, 5.41) is 3.61. The van der Waals surface area contributed by atoms with Crippen molar-refractivity contribution in [2.45, 2.75) is 4.95 Å². The Morgan fingerprint density at radius 3 is 2.88 bits per heavy atom. The van der Waals surface area contributed by atoms with Crippen molar-refractivity contribution in [1.82, 2.24) is 5.32 Å². The van der Waals surface area contributed by atoms with Crippen LogP contribution in [0.4, 0.5) is 0 Å². The first-order valence-electron chi connectivity index (χ1n) is 2.23. The van der Waals surface area contributed by atoms with Gasteiger partial charge in [0, 0.05) is 0 Å². The maximum absolute atomic E-state index is 5.58. The number of hydrogen-bond donors (Lipinski definition) is 1. The van der Waals surface area contributed by atoms with E-state index in [1.165, 1.54) is 0 Å². The molecule has 1 aliphatic heterocycles. The predicted octanol–water partition coefficient (Wildman–Crippen LogP) is 1.95. The summed E-state index contributed by atoms with van der Waals surface area (Å²) in [6, 6.07) is 0. The summed E-state index contributed by atoms with van der Waals surface area (Å²) in [6.45, 7) is 0. The Morgan fingerprint density at radius 2 is 2.50 bits per heavy atom. The lowest BCUT2D eigenvalue weighted by Gasteiger charge is -2.10. The van der Waals surface area contributed by atoms with E-state index in [-0.39, 0.29) is 4.95 Å². The van der Waals surface area contributed by atoms with Crippen LogP contribution in [0.2, 0.25) is 0 Å². The van der Waals surface area contributed by atoms with Gasteiger partial charge >= 0.3 is 0 Å². The fourth-order valence-electron chi connectivity index (χ4n) is 0.466. The van der Waals surface area contributed by atoms with E-state index in [0.717, 1.165) is 0 Å². The lowest BCUT2D eigenvalue weighted by Crippen LogP contribution is -2.19. The number of dihydropyridines is 1. The number of rotatable bonds is 0. The second-order valence-electron chi connectivity index (χ2n) is 1.45. The molecule has 1 atom stereocenters. The topological polar surface area (TPSA) is 12.0 Å². The monoisotopic (exact) mass is 193 g/mol. The van der Waals surface area contributed by atoms with Crippen LogP contribution in [-0.4, -0.2) is 4.95 Å². The molecule has 1 heterocycles. The SMILES string of the molecule is ClC1=CC=C[C@H](Br)N1. The lowest BCUT2D eigenvalue weighted by molar-refractivity contribution is 0.907. The van der Waals surface area contributed by atoms with Crippen LogP contribution < -0.4 is 5.32 Å². The molecule has 0 aromatic heterocycles. The van der Waals surface area contributed by atoms with Gasteiger partial charge in [0.25, 0.3) is 0 Å². The highest BCUT2D eigenvalue weighted by molar-refractivity contribution is 9.09. The Hall–Kier alpha value is 0.0500. The molecule has 0 saturated carbocycles. The summed E-state index contributed by atoms with van der Waals surface area (Å²) in [5.41, 5.74) is 0. The second-order valence-corrected chi connectivity index (χ2v) is 2.84. The van der Waals surface area contributed by atoms with Crippen molar-refractivity contribution < 1.29 is 0 Å². The predicted molar refractivity (Wildman–Crippen MR) is 38.9 cm³/mol. The van der Waals surface area contributed by atoms with E-state index in [4.69, 9.17) is 11.6 Å². The van der Waals surface area contributed by atoms with Gasteiger partial charge < -0.3 is 5.32 Å². The minimum absolute atomic E-state index is 0.194. The van der Waals surface area contributed by atoms with Gasteiger partial charge in [0.2, 0.25) is 0 Å². The molecule has 1 rings (SSSR count). The van der Waals surface area contributed by atoms with E-state index in [9.17, 15) is 0 Å². The van der Waals surface area contributed by atoms with Crippen molar-refractivity contribution in [3.63, 3.8) is 0 Å². The van der Waals surface area contributed by atoms with Gasteiger partial charge in [0.1, 0.15) is 10.1 Å². The van der Waals surface area contributed by atoms with E-state index in [0.29, 0.717) is 5.16 Å². The molecule has 0 aliphatic carbocycles. The number of alkyl halides is 1. The zero-order valence-corrected chi connectivity index (χ0v) is 6.41. The summed E-state index contributed by atoms with van der Waals surface area (Å²) < 4.78 is 0. The van der Waals surface area contributed by atoms with E-state index in [1.54, 1.807) is 6.08 Å². The molecule has 1 nitrogen and oxygen atoms in total. The normalized spacial score (nSPS) is 26.8. The van der Waals surface area contributed by atoms with Gasteiger partial charge in [-0.05, 0) is 6.08 Å². The minimum atomic E-state index is 0.194. The van der Waals surface area contributed by atoms with Crippen LogP contribution in [0.15, 0.2) is 23.4 Å². The molecule has 0 radical (unpaired) electrons. The van der Waals surface area contributed by atoms with Crippen molar-refractivity contribution in [1.29, 1.82) is 0 Å². The summed E-state index contributed by atoms with van der Waals surface area (Å²) in [4.78, 5) is 0.194. The molecule has 3 heteroatoms. The fourth-order valence-corrected chi connectivity index (χ4v) is 1.21. The van der Waals surface area contributed by atoms with Gasteiger partial charge in [-0.25, -0.2) is 0 Å². The first-order valence-corrected chi connectivity index (χ1v) is 3.53. The zero-order valence-electron chi connectivity index (χ0n) is 4.07. The van der Waals surface area contributed by atoms with Crippen molar-refractivity contribution in [3.05, 3.63) is 23.4 Å². The number of nitrogens with one attached hydrogen (secondary N) is 1. The average molecular weight is 194 g/mol. The van der Waals surface area contributed by atoms with Crippen LogP contribution in [0.25, 0.3) is 0 Å². The average Bonchev–Trinajstić information content (AvgIpc) is 1.64. The largest absolute Gasteiger partial charge is 0.360 e. The smallest absolute Gasteiger partial charge is 0.103 e. The molecule has 0 saturated heterocycles. The molecule has 8 heavy (non-hydrogen) atoms. The summed E-state index contributed by atoms with van der Waals surface area (Å²) in [6.07, 6.45) is 5.67. The summed E-state index contributed by atoms with van der Waals surface area (Å²) in [7, 11) is 0. The molecule has 0 aromatic carbocycles. The Morgan fingerprint density at radius 1 is 1.75 bits per heavy atom. The van der Waals surface area contributed by atoms with Gasteiger partial charge in [-0.15, -0.1) is 0 Å². The number of allylic oxidation sites excluding steroid dienone is 2. The third-order valence-electron chi connectivity index (χ3n) is 0.798. The molecule has 0 amide bonds. The maximum Gasteiger partial charge on any atom is 0.103 e. The lowest BCUT2D eigenvalue weighted by atomic mass is 10.4. The van der Waals surface area contributed by atoms with Crippen LogP contribution in [-0.2, 0) is 0 Å². The Kier molecular flexibility index (Phi) is 1.97. The first kappa shape index (κ1) is 6.17. The molecule has 1 N–H and O–H groups in total. The molecule has 0 bridgehead atoms. The first-order chi connectivity index (χ1) is 3.79. The van der Waals surface area contributed by atoms with Crippen molar-refractivity contribution in [3.8, 4) is 0 Å². The molecular formula is C5H5BrClN. The van der Waals surface area contributed by atoms with Gasteiger partial charge in [-0.3, -0.25) is 0 Å². The van der Waals surface area contributed by atoms with Crippen LogP contribution >= 0.6 is 27.5 Å². The molecule has 44 valence electrons. The molecular weight excluding hydrogens is 189 g/mol. The minimum Gasteiger partial charge on any atom is -0.360 e. The standard InChI is InChI=1S/C5H5BrClN/c6-4-2-1-3-5(7)8-4/h1-4,8H/t4-/m1/s1. The molecule has 0 aromatic rings. The zero-order chi connectivity index (χ0) is 5.98. The van der Waals surface area contributed by atoms with E-state index in [2.05, 4.69) is 21.2 Å². The van der Waals surface area contributed by atoms with Crippen LogP contribution in [0.3, 0.4) is 0 Å². The Balaban J connectivity index is 2.59. The summed E-state index contributed by atoms with van der Waals surface area (Å²) >= 11 is 8.89. The molecule has 0 fully saturated rings. The van der Waals surface area contributed by atoms with Crippen LogP contribution in [0.5, 0.6) is 0 Å². The van der Waals surface area contributed by atoms with Crippen LogP contribution in [0.1, 0.15) is 0 Å². The molecule has 1 aliphatic rings. The molecule has 0 spiro atoms. The number of halogens is 2. The quantitative estimate of drug-likeness (QED) is 0.459. The second kappa shape index (κ2) is 2.55. The van der Waals surface area contributed by atoms with Gasteiger partial charge in [0.15, 0.2) is 0 Å². The highest BCUT2D eigenvalue weighted by Gasteiger charge is 2.00. The molecule has 0 unspecified atom stereocenters. The maximum atomic E-state index is 5.58. The van der Waals surface area contributed by atoms with E-state index < -0.39 is 0 Å². The third kappa shape index (κ3) is 1.53. The van der Waals surface area contributed by atoms with Gasteiger partial charge in [-0.2, -0.15) is 0 Å². The fraction of sp³-hybridized carbons (Fsp3) is 0.200. The van der Waals surface area contributed by atoms with Crippen molar-refractivity contribution in [2.75, 3.05) is 0 Å². The van der Waals surface area contributed by atoms with Crippen LogP contribution in [0, 0.1) is 0 Å². The third-order valence-corrected chi connectivity index (χ3v) is 1.57.